The molecule has 0 radical (unpaired) electrons. The average molecular weight is 336 g/mol. The minimum absolute atomic E-state index is 0. The Bertz CT molecular complexity index is 303. The van der Waals surface area contributed by atoms with Crippen molar-refractivity contribution in [1.82, 2.24) is 0 Å². The van der Waals surface area contributed by atoms with E-state index in [1.165, 1.54) is 0 Å². The van der Waals surface area contributed by atoms with Gasteiger partial charge in [-0.25, -0.2) is 8.88 Å². The Kier molecular flexibility index (Phi) is 12.4. The highest BCUT2D eigenvalue weighted by Crippen LogP contribution is 2.54. The van der Waals surface area contributed by atoms with Gasteiger partial charge in [0.25, 0.3) is 0 Å². The Hall–Kier alpha value is 0.380. The molecular formula is C2H12O11P4+2. The van der Waals surface area contributed by atoms with Gasteiger partial charge in [0, 0.05) is 15.8 Å². The zero-order valence-corrected chi connectivity index (χ0v) is 11.1. The monoisotopic (exact) mass is 336 g/mol. The molecule has 3 atom stereocenters. The van der Waals surface area contributed by atoms with Crippen LogP contribution < -0.4 is 0 Å². The van der Waals surface area contributed by atoms with Crippen molar-refractivity contribution in [3.63, 3.8) is 0 Å². The first-order valence-electron chi connectivity index (χ1n) is 2.91. The molecule has 5 N–H and O–H groups in total. The molecule has 0 saturated carbocycles. The van der Waals surface area contributed by atoms with Crippen LogP contribution in [0.3, 0.4) is 0 Å². The molecule has 0 aromatic carbocycles. The lowest BCUT2D eigenvalue weighted by Gasteiger charge is -2.05. The minimum Gasteiger partial charge on any atom is -0.324 e. The van der Waals surface area contributed by atoms with Crippen molar-refractivity contribution < 1.29 is 51.3 Å². The summed E-state index contributed by atoms with van der Waals surface area (Å²) in [4.78, 5) is 39.3. The molecule has 3 unspecified atom stereocenters. The molecule has 0 amide bonds. The van der Waals surface area contributed by atoms with Crippen LogP contribution in [0.2, 0.25) is 0 Å². The molecule has 15 heteroatoms. The molecule has 11 nitrogen and oxygen atoms in total. The van der Waals surface area contributed by atoms with Crippen LogP contribution in [-0.4, -0.2) is 31.1 Å². The van der Waals surface area contributed by atoms with Gasteiger partial charge in [-0.2, -0.15) is 0 Å². The lowest BCUT2D eigenvalue weighted by Crippen LogP contribution is -1.83. The van der Waals surface area contributed by atoms with Crippen LogP contribution in [0.5, 0.6) is 0 Å². The summed E-state index contributed by atoms with van der Waals surface area (Å²) >= 11 is 0. The Morgan fingerprint density at radius 3 is 1.29 bits per heavy atom. The van der Waals surface area contributed by atoms with Gasteiger partial charge in [0.1, 0.15) is 0 Å². The third-order valence-corrected chi connectivity index (χ3v) is 3.58. The maximum absolute atomic E-state index is 10.1. The molecule has 0 aliphatic heterocycles. The van der Waals surface area contributed by atoms with Crippen molar-refractivity contribution in [2.45, 2.75) is 7.43 Å². The molecule has 104 valence electrons. The zero-order chi connectivity index (χ0) is 13.6. The molecule has 0 aliphatic carbocycles. The topological polar surface area (TPSA) is 188 Å². The van der Waals surface area contributed by atoms with Crippen LogP contribution in [0.15, 0.2) is 0 Å². The van der Waals surface area contributed by atoms with Crippen molar-refractivity contribution in [3.8, 4) is 0 Å². The largest absolute Gasteiger partial charge is 0.745 e. The number of rotatable bonds is 4. The lowest BCUT2D eigenvalue weighted by molar-refractivity contribution is 0.266. The fraction of sp³-hybridized carbons (Fsp3) is 1.00. The van der Waals surface area contributed by atoms with Crippen LogP contribution in [-0.2, 0) is 26.9 Å². The van der Waals surface area contributed by atoms with Gasteiger partial charge in [-0.3, -0.25) is 4.57 Å². The van der Waals surface area contributed by atoms with Crippen LogP contribution in [0, 0.1) is 0 Å². The quantitative estimate of drug-likeness (QED) is 0.458. The molecule has 0 heterocycles. The average Bonchev–Trinajstić information content (AvgIpc) is 1.72. The van der Waals surface area contributed by atoms with E-state index in [0.717, 1.165) is 0 Å². The Morgan fingerprint density at radius 2 is 1.29 bits per heavy atom. The van der Waals surface area contributed by atoms with E-state index in [0.29, 0.717) is 6.66 Å². The van der Waals surface area contributed by atoms with Gasteiger partial charge in [-0.05, 0) is 0 Å². The lowest BCUT2D eigenvalue weighted by atomic mass is 12.0. The summed E-state index contributed by atoms with van der Waals surface area (Å²) in [5.41, 5.74) is 0. The predicted octanol–water partition coefficient (Wildman–Crippen LogP) is 0.849. The van der Waals surface area contributed by atoms with E-state index < -0.39 is 31.9 Å². The number of hydrogen-bond donors (Lipinski definition) is 5. The number of hydrogen-bond acceptors (Lipinski definition) is 6. The van der Waals surface area contributed by atoms with E-state index in [1.54, 1.807) is 0 Å². The van der Waals surface area contributed by atoms with Gasteiger partial charge in [-0.15, -0.1) is 9.79 Å². The molecular weight excluding hydrogens is 324 g/mol. The second kappa shape index (κ2) is 9.33. The highest BCUT2D eigenvalue weighted by molar-refractivity contribution is 7.63. The maximum atomic E-state index is 10.1. The SMILES string of the molecule is C.CP(=O)(O)OP(=O)(O)O.O=[P+](O)O[P+](=O)O. The summed E-state index contributed by atoms with van der Waals surface area (Å²) in [6, 6.07) is 0. The maximum Gasteiger partial charge on any atom is 0.745 e. The third kappa shape index (κ3) is 31.4. The molecule has 0 aromatic heterocycles. The van der Waals surface area contributed by atoms with Crippen molar-refractivity contribution >= 4 is 31.9 Å². The van der Waals surface area contributed by atoms with Gasteiger partial charge in [-0.1, -0.05) is 7.43 Å². The molecule has 0 bridgehead atoms. The van der Waals surface area contributed by atoms with E-state index in [-0.39, 0.29) is 7.43 Å². The minimum atomic E-state index is -4.80. The van der Waals surface area contributed by atoms with Crippen LogP contribution >= 0.6 is 31.9 Å². The van der Waals surface area contributed by atoms with E-state index in [9.17, 15) is 18.3 Å². The molecule has 0 fully saturated rings. The summed E-state index contributed by atoms with van der Waals surface area (Å²) in [6.07, 6.45) is 0. The van der Waals surface area contributed by atoms with Crippen molar-refractivity contribution in [2.75, 3.05) is 6.66 Å². The van der Waals surface area contributed by atoms with Crippen LogP contribution in [0.25, 0.3) is 0 Å². The summed E-state index contributed by atoms with van der Waals surface area (Å²) in [5, 5.41) is 0. The van der Waals surface area contributed by atoms with Gasteiger partial charge >= 0.3 is 31.9 Å². The van der Waals surface area contributed by atoms with Gasteiger partial charge < -0.3 is 14.7 Å². The van der Waals surface area contributed by atoms with Crippen LogP contribution in [0.1, 0.15) is 7.43 Å². The molecule has 0 aliphatic rings. The molecule has 0 saturated heterocycles. The Labute approximate surface area is 98.1 Å². The molecule has 0 rings (SSSR count). The van der Waals surface area contributed by atoms with E-state index in [4.69, 9.17) is 24.5 Å². The summed E-state index contributed by atoms with van der Waals surface area (Å²) in [7, 11) is -14.7. The fourth-order valence-electron chi connectivity index (χ4n) is 0.257. The Balaban J connectivity index is -0.000000224. The van der Waals surface area contributed by atoms with Gasteiger partial charge in [0.2, 0.25) is 0 Å². The first-order valence-corrected chi connectivity index (χ1v) is 8.72. The third-order valence-electron chi connectivity index (χ3n) is 0.398. The van der Waals surface area contributed by atoms with Gasteiger partial charge in [0.15, 0.2) is 4.31 Å². The second-order valence-corrected chi connectivity index (χ2v) is 6.78. The zero-order valence-electron chi connectivity index (χ0n) is 7.47. The first kappa shape index (κ1) is 22.6. The molecule has 0 spiro atoms. The van der Waals surface area contributed by atoms with Gasteiger partial charge in [0.05, 0.1) is 0 Å². The van der Waals surface area contributed by atoms with E-state index >= 15 is 0 Å². The summed E-state index contributed by atoms with van der Waals surface area (Å²) in [6.45, 7) is 0.687. The van der Waals surface area contributed by atoms with E-state index in [1.807, 2.05) is 0 Å². The molecule has 0 aromatic rings. The van der Waals surface area contributed by atoms with Crippen molar-refractivity contribution in [1.29, 1.82) is 0 Å². The van der Waals surface area contributed by atoms with Crippen molar-refractivity contribution in [2.24, 2.45) is 0 Å². The number of phosphoric acid groups is 1. The fourth-order valence-corrected chi connectivity index (χ4v) is 2.31. The Morgan fingerprint density at radius 1 is 1.00 bits per heavy atom. The predicted molar refractivity (Wildman–Crippen MR) is 56.3 cm³/mol. The van der Waals surface area contributed by atoms with E-state index in [2.05, 4.69) is 8.62 Å². The summed E-state index contributed by atoms with van der Waals surface area (Å²) < 4.78 is 45.4. The van der Waals surface area contributed by atoms with Crippen molar-refractivity contribution in [3.05, 3.63) is 0 Å². The van der Waals surface area contributed by atoms with Crippen LogP contribution in [0.4, 0.5) is 0 Å². The molecule has 17 heavy (non-hydrogen) atoms. The standard InChI is InChI=1S/CH6O6P2.CH4.O5P2/c1-8(2,3)7-9(4,5)6;;1-6(2)5-7(3)4/h1H3,(H,2,3)(H2,4,5,6);1H4;/p+2. The second-order valence-electron chi connectivity index (χ2n) is 1.93. The normalized spacial score (nSPS) is 15.6. The highest BCUT2D eigenvalue weighted by Gasteiger charge is 2.31. The first-order chi connectivity index (χ1) is 6.83. The highest BCUT2D eigenvalue weighted by atomic mass is 31.3. The summed E-state index contributed by atoms with van der Waals surface area (Å²) in [5.74, 6) is 0. The smallest absolute Gasteiger partial charge is 0.324 e.